The van der Waals surface area contributed by atoms with Gasteiger partial charge in [-0.1, -0.05) is 0 Å². The summed E-state index contributed by atoms with van der Waals surface area (Å²) in [6, 6.07) is 2.08. The van der Waals surface area contributed by atoms with E-state index in [4.69, 9.17) is 0 Å². The molecule has 0 saturated carbocycles. The lowest BCUT2D eigenvalue weighted by Crippen LogP contribution is -1.97. The van der Waals surface area contributed by atoms with Crippen LogP contribution in [0.3, 0.4) is 0 Å². The average Bonchev–Trinajstić information content (AvgIpc) is 2.92. The summed E-state index contributed by atoms with van der Waals surface area (Å²) in [4.78, 5) is 10.2. The number of nitrogens with zero attached hydrogens (tertiary/aromatic N) is 6. The van der Waals surface area contributed by atoms with Gasteiger partial charge in [0.1, 0.15) is 15.4 Å². The van der Waals surface area contributed by atoms with Gasteiger partial charge in [0.25, 0.3) is 0 Å². The van der Waals surface area contributed by atoms with Gasteiger partial charge in [-0.3, -0.25) is 0 Å². The Morgan fingerprint density at radius 3 is 2.84 bits per heavy atom. The maximum absolute atomic E-state index is 4.65. The van der Waals surface area contributed by atoms with Crippen LogP contribution in [0.2, 0.25) is 0 Å². The van der Waals surface area contributed by atoms with E-state index in [0.29, 0.717) is 0 Å². The van der Waals surface area contributed by atoms with Gasteiger partial charge in [-0.25, -0.2) is 9.97 Å². The van der Waals surface area contributed by atoms with Crippen molar-refractivity contribution in [3.05, 3.63) is 23.1 Å². The fraction of sp³-hybridized carbons (Fsp3) is 0.250. The van der Waals surface area contributed by atoms with Crippen molar-refractivity contribution in [3.63, 3.8) is 0 Å². The molecule has 4 aromatic heterocycles. The molecule has 0 aliphatic heterocycles. The predicted octanol–water partition coefficient (Wildman–Crippen LogP) is 2.21. The molecule has 19 heavy (non-hydrogen) atoms. The minimum atomic E-state index is 0.752. The Labute approximate surface area is 112 Å². The zero-order chi connectivity index (χ0) is 13.1. The van der Waals surface area contributed by atoms with Crippen LogP contribution in [0.15, 0.2) is 6.07 Å². The first-order chi connectivity index (χ1) is 9.15. The van der Waals surface area contributed by atoms with Crippen LogP contribution in [0.4, 0.5) is 0 Å². The molecule has 0 amide bonds. The van der Waals surface area contributed by atoms with E-state index in [1.54, 1.807) is 15.9 Å². The van der Waals surface area contributed by atoms with Crippen LogP contribution in [0.25, 0.3) is 26.1 Å². The zero-order valence-electron chi connectivity index (χ0n) is 10.7. The second-order valence-corrected chi connectivity index (χ2v) is 5.61. The third kappa shape index (κ3) is 1.33. The molecule has 0 bridgehead atoms. The average molecular weight is 270 g/mol. The smallest absolute Gasteiger partial charge is 0.200 e. The van der Waals surface area contributed by atoms with E-state index in [1.165, 1.54) is 5.56 Å². The first-order valence-corrected chi connectivity index (χ1v) is 6.72. The van der Waals surface area contributed by atoms with Crippen LogP contribution >= 0.6 is 11.3 Å². The number of rotatable bonds is 0. The van der Waals surface area contributed by atoms with Crippen LogP contribution in [-0.2, 0) is 0 Å². The first-order valence-electron chi connectivity index (χ1n) is 5.90. The normalized spacial score (nSPS) is 11.9. The largest absolute Gasteiger partial charge is 0.242 e. The number of thiophene rings is 1. The summed E-state index contributed by atoms with van der Waals surface area (Å²) < 4.78 is 2.66. The molecule has 0 aliphatic rings. The Hall–Kier alpha value is -2.15. The quantitative estimate of drug-likeness (QED) is 0.490. The van der Waals surface area contributed by atoms with Gasteiger partial charge < -0.3 is 0 Å². The van der Waals surface area contributed by atoms with Gasteiger partial charge in [0, 0.05) is 11.1 Å². The fourth-order valence-corrected chi connectivity index (χ4v) is 3.64. The summed E-state index contributed by atoms with van der Waals surface area (Å²) in [5.41, 5.74) is 3.91. The molecule has 0 fully saturated rings. The molecule has 0 atom stereocenters. The Morgan fingerprint density at radius 2 is 2.00 bits per heavy atom. The van der Waals surface area contributed by atoms with Gasteiger partial charge in [-0.05, 0) is 42.8 Å². The van der Waals surface area contributed by atoms with E-state index in [-0.39, 0.29) is 0 Å². The number of hydrogen-bond acceptors (Lipinski definition) is 6. The highest BCUT2D eigenvalue weighted by Crippen LogP contribution is 2.35. The van der Waals surface area contributed by atoms with Crippen molar-refractivity contribution < 1.29 is 0 Å². The highest BCUT2D eigenvalue weighted by molar-refractivity contribution is 7.26. The van der Waals surface area contributed by atoms with Crippen LogP contribution in [-0.4, -0.2) is 30.0 Å². The van der Waals surface area contributed by atoms with Crippen LogP contribution in [0, 0.1) is 20.8 Å². The molecule has 94 valence electrons. The van der Waals surface area contributed by atoms with Crippen molar-refractivity contribution in [2.24, 2.45) is 0 Å². The molecule has 0 aliphatic carbocycles. The van der Waals surface area contributed by atoms with Crippen LogP contribution in [0.5, 0.6) is 0 Å². The second kappa shape index (κ2) is 3.45. The minimum absolute atomic E-state index is 0.752. The van der Waals surface area contributed by atoms with Crippen molar-refractivity contribution in [2.45, 2.75) is 20.8 Å². The molecule has 4 rings (SSSR count). The SMILES string of the molecule is Cc1cc(C)c2c(n1)sc1c2nc(C)n2nnnc12. The molecule has 0 N–H and O–H groups in total. The van der Waals surface area contributed by atoms with Crippen molar-refractivity contribution in [3.8, 4) is 0 Å². The summed E-state index contributed by atoms with van der Waals surface area (Å²) in [5, 5.41) is 12.9. The summed E-state index contributed by atoms with van der Waals surface area (Å²) >= 11 is 1.60. The number of fused-ring (bicyclic) bond motifs is 5. The van der Waals surface area contributed by atoms with E-state index < -0.39 is 0 Å². The molecule has 0 unspecified atom stereocenters. The molecule has 4 aromatic rings. The second-order valence-electron chi connectivity index (χ2n) is 4.61. The van der Waals surface area contributed by atoms with E-state index >= 15 is 0 Å². The van der Waals surface area contributed by atoms with Gasteiger partial charge in [-0.15, -0.1) is 16.4 Å². The molecule has 4 heterocycles. The van der Waals surface area contributed by atoms with E-state index in [9.17, 15) is 0 Å². The maximum Gasteiger partial charge on any atom is 0.200 e. The topological polar surface area (TPSA) is 68.9 Å². The van der Waals surface area contributed by atoms with Gasteiger partial charge in [0.05, 0.1) is 5.52 Å². The highest BCUT2D eigenvalue weighted by Gasteiger charge is 2.16. The van der Waals surface area contributed by atoms with Gasteiger partial charge in [0.15, 0.2) is 0 Å². The Morgan fingerprint density at radius 1 is 1.16 bits per heavy atom. The van der Waals surface area contributed by atoms with Crippen molar-refractivity contribution in [2.75, 3.05) is 0 Å². The number of aryl methyl sites for hydroxylation is 3. The summed E-state index contributed by atoms with van der Waals surface area (Å²) in [6.07, 6.45) is 0. The maximum atomic E-state index is 4.65. The Balaban J connectivity index is 2.35. The van der Waals surface area contributed by atoms with Gasteiger partial charge in [0.2, 0.25) is 5.65 Å². The third-order valence-electron chi connectivity index (χ3n) is 3.21. The summed E-state index contributed by atoms with van der Waals surface area (Å²) in [6.45, 7) is 6.00. The van der Waals surface area contributed by atoms with E-state index in [2.05, 4.69) is 38.5 Å². The molecule has 6 nitrogen and oxygen atoms in total. The predicted molar refractivity (Wildman–Crippen MR) is 73.5 cm³/mol. The molecule has 0 saturated heterocycles. The van der Waals surface area contributed by atoms with E-state index in [1.807, 2.05) is 13.8 Å². The molecular formula is C12H10N6S. The molecule has 7 heteroatoms. The lowest BCUT2D eigenvalue weighted by molar-refractivity contribution is 0.786. The zero-order valence-corrected chi connectivity index (χ0v) is 11.5. The molecule has 0 radical (unpaired) electrons. The van der Waals surface area contributed by atoms with Gasteiger partial charge >= 0.3 is 0 Å². The fourth-order valence-electron chi connectivity index (χ4n) is 2.44. The van der Waals surface area contributed by atoms with Crippen molar-refractivity contribution >= 4 is 37.4 Å². The third-order valence-corrected chi connectivity index (χ3v) is 4.28. The van der Waals surface area contributed by atoms with Crippen LogP contribution < -0.4 is 0 Å². The summed E-state index contributed by atoms with van der Waals surface area (Å²) in [7, 11) is 0. The monoisotopic (exact) mass is 270 g/mol. The van der Waals surface area contributed by atoms with Gasteiger partial charge in [-0.2, -0.15) is 4.52 Å². The number of aromatic nitrogens is 6. The lowest BCUT2D eigenvalue weighted by Gasteiger charge is -2.00. The Kier molecular flexibility index (Phi) is 1.95. The Bertz CT molecular complexity index is 951. The number of hydrogen-bond donors (Lipinski definition) is 0. The van der Waals surface area contributed by atoms with Crippen molar-refractivity contribution in [1.29, 1.82) is 0 Å². The van der Waals surface area contributed by atoms with Crippen LogP contribution in [0.1, 0.15) is 17.1 Å². The summed E-state index contributed by atoms with van der Waals surface area (Å²) in [5.74, 6) is 0.784. The minimum Gasteiger partial charge on any atom is -0.242 e. The molecular weight excluding hydrogens is 260 g/mol. The number of pyridine rings is 1. The molecule has 0 spiro atoms. The molecule has 0 aromatic carbocycles. The van der Waals surface area contributed by atoms with E-state index in [0.717, 1.165) is 37.6 Å². The highest BCUT2D eigenvalue weighted by atomic mass is 32.1. The number of tetrazole rings is 1. The lowest BCUT2D eigenvalue weighted by atomic mass is 10.1. The first kappa shape index (κ1) is 10.7. The van der Waals surface area contributed by atoms with Crippen molar-refractivity contribution in [1.82, 2.24) is 30.0 Å². The standard InChI is InChI=1S/C12H10N6S/c1-5-4-6(2)13-12-8(5)9-10(19-12)11-15-16-17-18(11)7(3)14-9/h4H,1-3H3.